The highest BCUT2D eigenvalue weighted by atomic mass is 32.1. The summed E-state index contributed by atoms with van der Waals surface area (Å²) in [4.78, 5) is 24.9. The Bertz CT molecular complexity index is 974. The number of nitrogens with one attached hydrogen (secondary N) is 1. The quantitative estimate of drug-likeness (QED) is 0.544. The van der Waals surface area contributed by atoms with Gasteiger partial charge in [-0.2, -0.15) is 0 Å². The normalized spacial score (nSPS) is 11.7. The van der Waals surface area contributed by atoms with Gasteiger partial charge in [-0.25, -0.2) is 0 Å². The molecule has 0 aliphatic heterocycles. The molecule has 0 saturated heterocycles. The van der Waals surface area contributed by atoms with E-state index in [1.54, 1.807) is 0 Å². The van der Waals surface area contributed by atoms with Gasteiger partial charge in [0, 0.05) is 19.0 Å². The Morgan fingerprint density at radius 2 is 1.88 bits per heavy atom. The van der Waals surface area contributed by atoms with Crippen LogP contribution in [0.2, 0.25) is 0 Å². The highest BCUT2D eigenvalue weighted by Crippen LogP contribution is 2.39. The summed E-state index contributed by atoms with van der Waals surface area (Å²) in [5.74, 6) is -0.0480. The van der Waals surface area contributed by atoms with E-state index in [2.05, 4.69) is 23.5 Å². The summed E-state index contributed by atoms with van der Waals surface area (Å²) in [7, 11) is 0. The fourth-order valence-corrected chi connectivity index (χ4v) is 4.04. The number of ketones is 1. The van der Waals surface area contributed by atoms with Crippen LogP contribution in [0.4, 0.5) is 5.69 Å². The van der Waals surface area contributed by atoms with Crippen molar-refractivity contribution in [1.29, 1.82) is 0 Å². The van der Waals surface area contributed by atoms with Crippen LogP contribution in [-0.4, -0.2) is 11.7 Å². The van der Waals surface area contributed by atoms with Gasteiger partial charge in [0.25, 0.3) is 0 Å². The summed E-state index contributed by atoms with van der Waals surface area (Å²) in [6.45, 7) is 1.49. The molecule has 2 aromatic carbocycles. The Balaban J connectivity index is 1.76. The van der Waals surface area contributed by atoms with Crippen LogP contribution >= 0.6 is 11.3 Å². The second-order valence-corrected chi connectivity index (χ2v) is 7.21. The van der Waals surface area contributed by atoms with Crippen LogP contribution in [0, 0.1) is 0 Å². The molecule has 0 atom stereocenters. The Morgan fingerprint density at radius 1 is 1.04 bits per heavy atom. The van der Waals surface area contributed by atoms with Crippen molar-refractivity contribution in [3.8, 4) is 11.1 Å². The largest absolute Gasteiger partial charge is 0.326 e. The van der Waals surface area contributed by atoms with Gasteiger partial charge in [-0.05, 0) is 57.8 Å². The molecule has 3 aromatic rings. The van der Waals surface area contributed by atoms with Gasteiger partial charge in [-0.1, -0.05) is 30.3 Å². The average Bonchev–Trinajstić information content (AvgIpc) is 3.22. The summed E-state index contributed by atoms with van der Waals surface area (Å²) in [6.07, 6.45) is 1.14. The minimum absolute atomic E-state index is 0.0767. The molecule has 4 rings (SSSR count). The maximum absolute atomic E-state index is 12.6. The molecule has 0 unspecified atom stereocenters. The standard InChI is InChI=1S/C21H17NO2S/c1-13(23)22-19-11-15-9-14-5-2-3-6-17(14)18(15)10-16(19)12-20(24)21-7-4-8-25-21/h2-8,10-11H,9,12H2,1H3,(H,22,23). The van der Waals surface area contributed by atoms with Crippen LogP contribution in [0.1, 0.15) is 33.3 Å². The Morgan fingerprint density at radius 3 is 2.64 bits per heavy atom. The zero-order valence-electron chi connectivity index (χ0n) is 13.8. The summed E-state index contributed by atoms with van der Waals surface area (Å²) < 4.78 is 0. The van der Waals surface area contributed by atoms with Crippen molar-refractivity contribution in [3.05, 3.63) is 75.5 Å². The Kier molecular flexibility index (Phi) is 3.98. The Hall–Kier alpha value is -2.72. The first-order valence-corrected chi connectivity index (χ1v) is 9.08. The molecule has 1 amide bonds. The third-order valence-electron chi connectivity index (χ3n) is 4.48. The molecule has 0 radical (unpaired) electrons. The van der Waals surface area contributed by atoms with E-state index in [1.807, 2.05) is 35.7 Å². The second kappa shape index (κ2) is 6.30. The molecule has 1 heterocycles. The minimum Gasteiger partial charge on any atom is -0.326 e. The highest BCUT2D eigenvalue weighted by Gasteiger charge is 2.22. The van der Waals surface area contributed by atoms with Gasteiger partial charge in [-0.15, -0.1) is 11.3 Å². The van der Waals surface area contributed by atoms with Crippen molar-refractivity contribution in [2.45, 2.75) is 19.8 Å². The van der Waals surface area contributed by atoms with Crippen molar-refractivity contribution in [3.63, 3.8) is 0 Å². The molecular formula is C21H17NO2S. The van der Waals surface area contributed by atoms with Crippen molar-refractivity contribution in [1.82, 2.24) is 0 Å². The third-order valence-corrected chi connectivity index (χ3v) is 5.39. The summed E-state index contributed by atoms with van der Waals surface area (Å²) >= 11 is 1.45. The van der Waals surface area contributed by atoms with Crippen molar-refractivity contribution in [2.75, 3.05) is 5.32 Å². The van der Waals surface area contributed by atoms with Crippen molar-refractivity contribution < 1.29 is 9.59 Å². The smallest absolute Gasteiger partial charge is 0.221 e. The molecule has 0 bridgehead atoms. The molecule has 0 saturated carbocycles. The van der Waals surface area contributed by atoms with Gasteiger partial charge in [0.1, 0.15) is 0 Å². The third kappa shape index (κ3) is 3.01. The number of fused-ring (bicyclic) bond motifs is 3. The molecule has 0 spiro atoms. The maximum Gasteiger partial charge on any atom is 0.221 e. The lowest BCUT2D eigenvalue weighted by Crippen LogP contribution is -2.11. The lowest BCUT2D eigenvalue weighted by atomic mass is 9.97. The molecule has 3 nitrogen and oxygen atoms in total. The summed E-state index contributed by atoms with van der Waals surface area (Å²) in [6, 6.07) is 16.1. The van der Waals surface area contributed by atoms with E-state index in [1.165, 1.54) is 40.5 Å². The molecule has 0 fully saturated rings. The van der Waals surface area contributed by atoms with Crippen LogP contribution in [0.15, 0.2) is 53.9 Å². The first-order valence-electron chi connectivity index (χ1n) is 8.20. The predicted octanol–water partition coefficient (Wildman–Crippen LogP) is 4.70. The number of thiophene rings is 1. The predicted molar refractivity (Wildman–Crippen MR) is 101 cm³/mol. The van der Waals surface area contributed by atoms with E-state index < -0.39 is 0 Å². The first kappa shape index (κ1) is 15.8. The number of benzene rings is 2. The van der Waals surface area contributed by atoms with Crippen molar-refractivity contribution >= 4 is 28.7 Å². The SMILES string of the molecule is CC(=O)Nc1cc2c(cc1CC(=O)c1cccs1)-c1ccccc1C2. The fraction of sp³-hybridized carbons (Fsp3) is 0.143. The minimum atomic E-state index is -0.125. The first-order chi connectivity index (χ1) is 12.1. The van der Waals surface area contributed by atoms with Crippen LogP contribution < -0.4 is 5.32 Å². The zero-order valence-corrected chi connectivity index (χ0v) is 14.7. The number of Topliss-reactive ketones (excluding diaryl/α,β-unsaturated/α-hetero) is 1. The van der Waals surface area contributed by atoms with Gasteiger partial charge in [0.05, 0.1) is 4.88 Å². The number of carbonyl (C=O) groups is 2. The fourth-order valence-electron chi connectivity index (χ4n) is 3.38. The van der Waals surface area contributed by atoms with Crippen LogP contribution in [0.5, 0.6) is 0 Å². The molecule has 1 aliphatic carbocycles. The number of anilines is 1. The van der Waals surface area contributed by atoms with E-state index in [-0.39, 0.29) is 18.1 Å². The number of hydrogen-bond acceptors (Lipinski definition) is 3. The summed E-state index contributed by atoms with van der Waals surface area (Å²) in [5.41, 5.74) is 6.47. The van der Waals surface area contributed by atoms with Crippen LogP contribution in [-0.2, 0) is 17.6 Å². The zero-order chi connectivity index (χ0) is 17.4. The van der Waals surface area contributed by atoms with Crippen LogP contribution in [0.25, 0.3) is 11.1 Å². The van der Waals surface area contributed by atoms with E-state index in [4.69, 9.17) is 0 Å². The summed E-state index contributed by atoms with van der Waals surface area (Å²) in [5, 5.41) is 4.80. The van der Waals surface area contributed by atoms with E-state index in [0.29, 0.717) is 0 Å². The van der Waals surface area contributed by atoms with Gasteiger partial charge in [0.2, 0.25) is 5.91 Å². The lowest BCUT2D eigenvalue weighted by molar-refractivity contribution is -0.114. The number of hydrogen-bond donors (Lipinski definition) is 1. The molecule has 4 heteroatoms. The van der Waals surface area contributed by atoms with Gasteiger partial charge in [0.15, 0.2) is 5.78 Å². The maximum atomic E-state index is 12.6. The molecule has 1 N–H and O–H groups in total. The topological polar surface area (TPSA) is 46.2 Å². The van der Waals surface area contributed by atoms with Crippen LogP contribution in [0.3, 0.4) is 0 Å². The Labute approximate surface area is 150 Å². The molecule has 1 aliphatic rings. The van der Waals surface area contributed by atoms with Gasteiger partial charge < -0.3 is 5.32 Å². The number of amides is 1. The van der Waals surface area contributed by atoms with Gasteiger partial charge in [-0.3, -0.25) is 9.59 Å². The number of rotatable bonds is 4. The van der Waals surface area contributed by atoms with E-state index in [9.17, 15) is 9.59 Å². The van der Waals surface area contributed by atoms with Gasteiger partial charge >= 0.3 is 0 Å². The molecule has 25 heavy (non-hydrogen) atoms. The lowest BCUT2D eigenvalue weighted by Gasteiger charge is -2.13. The van der Waals surface area contributed by atoms with Crippen molar-refractivity contribution in [2.24, 2.45) is 0 Å². The monoisotopic (exact) mass is 347 g/mol. The highest BCUT2D eigenvalue weighted by molar-refractivity contribution is 7.12. The molecule has 1 aromatic heterocycles. The van der Waals surface area contributed by atoms with E-state index >= 15 is 0 Å². The second-order valence-electron chi connectivity index (χ2n) is 6.26. The number of carbonyl (C=O) groups excluding carboxylic acids is 2. The molecular weight excluding hydrogens is 330 g/mol. The molecule has 124 valence electrons. The van der Waals surface area contributed by atoms with E-state index in [0.717, 1.165) is 22.5 Å². The average molecular weight is 347 g/mol.